The Bertz CT molecular complexity index is 280. The first-order valence-electron chi connectivity index (χ1n) is 5.40. The van der Waals surface area contributed by atoms with E-state index in [-0.39, 0.29) is 10.7 Å². The van der Waals surface area contributed by atoms with E-state index in [1.54, 1.807) is 18.9 Å². The third kappa shape index (κ3) is 3.13. The van der Waals surface area contributed by atoms with Crippen LogP contribution < -0.4 is 0 Å². The van der Waals surface area contributed by atoms with Crippen LogP contribution in [0.25, 0.3) is 0 Å². The molecule has 0 radical (unpaired) electrons. The highest BCUT2D eigenvalue weighted by atomic mass is 32.2. The smallest absolute Gasteiger partial charge is 0.224 e. The monoisotopic (exact) mass is 242 g/mol. The lowest BCUT2D eigenvalue weighted by molar-refractivity contribution is -0.133. The number of likely N-dealkylation sites (tertiary alicyclic amines) is 1. The molecule has 1 fully saturated rings. The lowest BCUT2D eigenvalue weighted by Gasteiger charge is -2.36. The van der Waals surface area contributed by atoms with Gasteiger partial charge in [-0.2, -0.15) is 5.26 Å². The first-order chi connectivity index (χ1) is 7.67. The normalized spacial score (nSPS) is 19.2. The first-order valence-corrected chi connectivity index (χ1v) is 6.63. The minimum Gasteiger partial charge on any atom is -0.384 e. The maximum atomic E-state index is 11.7. The molecule has 5 heteroatoms. The first kappa shape index (κ1) is 13.3. The van der Waals surface area contributed by atoms with Crippen LogP contribution in [0.3, 0.4) is 0 Å². The minimum absolute atomic E-state index is 0.134. The zero-order chi connectivity index (χ0) is 12.0. The van der Waals surface area contributed by atoms with Crippen LogP contribution in [0.2, 0.25) is 0 Å². The standard InChI is InChI=1S/C11H18N2O2S/c1-15-8-3-10(14)13-6-4-11(9-12,16-2)5-7-13/h3-8H2,1-2H3. The highest BCUT2D eigenvalue weighted by Gasteiger charge is 2.35. The Morgan fingerprint density at radius 3 is 2.62 bits per heavy atom. The zero-order valence-corrected chi connectivity index (χ0v) is 10.7. The number of piperidine rings is 1. The average molecular weight is 242 g/mol. The molecule has 1 rings (SSSR count). The van der Waals surface area contributed by atoms with E-state index in [0.717, 1.165) is 12.8 Å². The van der Waals surface area contributed by atoms with Crippen LogP contribution >= 0.6 is 11.8 Å². The van der Waals surface area contributed by atoms with E-state index in [1.807, 2.05) is 11.2 Å². The van der Waals surface area contributed by atoms with Crippen LogP contribution in [0, 0.1) is 11.3 Å². The topological polar surface area (TPSA) is 53.3 Å². The zero-order valence-electron chi connectivity index (χ0n) is 9.86. The lowest BCUT2D eigenvalue weighted by atomic mass is 9.97. The molecule has 0 saturated carbocycles. The Balaban J connectivity index is 2.43. The van der Waals surface area contributed by atoms with E-state index in [4.69, 9.17) is 10.00 Å². The van der Waals surface area contributed by atoms with Crippen LogP contribution in [0.4, 0.5) is 0 Å². The van der Waals surface area contributed by atoms with E-state index in [0.29, 0.717) is 26.1 Å². The Morgan fingerprint density at radius 2 is 2.19 bits per heavy atom. The molecule has 0 aliphatic carbocycles. The molecule has 0 aromatic heterocycles. The number of thioether (sulfide) groups is 1. The number of rotatable bonds is 4. The highest BCUT2D eigenvalue weighted by Crippen LogP contribution is 2.33. The number of carbonyl (C=O) groups excluding carboxylic acids is 1. The fourth-order valence-corrected chi connectivity index (χ4v) is 2.51. The van der Waals surface area contributed by atoms with Gasteiger partial charge < -0.3 is 9.64 Å². The molecule has 0 atom stereocenters. The summed E-state index contributed by atoms with van der Waals surface area (Å²) in [4.78, 5) is 13.5. The van der Waals surface area contributed by atoms with Crippen LogP contribution in [0.15, 0.2) is 0 Å². The molecule has 0 aromatic carbocycles. The Kier molecular flexibility index (Phi) is 5.10. The molecular weight excluding hydrogens is 224 g/mol. The second-order valence-electron chi connectivity index (χ2n) is 3.93. The van der Waals surface area contributed by atoms with Gasteiger partial charge in [0.2, 0.25) is 5.91 Å². The molecule has 0 aromatic rings. The van der Waals surface area contributed by atoms with Gasteiger partial charge in [-0.1, -0.05) is 0 Å². The molecule has 1 aliphatic rings. The van der Waals surface area contributed by atoms with Crippen molar-refractivity contribution in [1.29, 1.82) is 5.26 Å². The van der Waals surface area contributed by atoms with Gasteiger partial charge in [0.25, 0.3) is 0 Å². The summed E-state index contributed by atoms with van der Waals surface area (Å²) in [6.45, 7) is 1.86. The quantitative estimate of drug-likeness (QED) is 0.745. The SMILES string of the molecule is COCCC(=O)N1CCC(C#N)(SC)CC1. The average Bonchev–Trinajstić information content (AvgIpc) is 2.36. The number of hydrogen-bond donors (Lipinski definition) is 0. The van der Waals surface area contributed by atoms with E-state index in [9.17, 15) is 4.79 Å². The number of nitriles is 1. The number of hydrogen-bond acceptors (Lipinski definition) is 4. The van der Waals surface area contributed by atoms with Gasteiger partial charge >= 0.3 is 0 Å². The van der Waals surface area contributed by atoms with Crippen LogP contribution in [-0.4, -0.2) is 48.6 Å². The summed E-state index contributed by atoms with van der Waals surface area (Å²) in [5.74, 6) is 0.134. The Labute approximate surface area is 101 Å². The fourth-order valence-electron chi connectivity index (χ4n) is 1.83. The number of methoxy groups -OCH3 is 1. The second kappa shape index (κ2) is 6.12. The van der Waals surface area contributed by atoms with Crippen molar-refractivity contribution in [3.05, 3.63) is 0 Å². The minimum atomic E-state index is -0.280. The molecule has 0 spiro atoms. The summed E-state index contributed by atoms with van der Waals surface area (Å²) in [6.07, 6.45) is 3.94. The van der Waals surface area contributed by atoms with E-state index in [1.165, 1.54) is 0 Å². The number of nitrogens with zero attached hydrogens (tertiary/aromatic N) is 2. The second-order valence-corrected chi connectivity index (χ2v) is 5.12. The molecule has 16 heavy (non-hydrogen) atoms. The van der Waals surface area contributed by atoms with Crippen molar-refractivity contribution in [3.63, 3.8) is 0 Å². The molecule has 4 nitrogen and oxygen atoms in total. The highest BCUT2D eigenvalue weighted by molar-refractivity contribution is 8.00. The Morgan fingerprint density at radius 1 is 1.56 bits per heavy atom. The number of carbonyl (C=O) groups is 1. The molecule has 1 amide bonds. The van der Waals surface area contributed by atoms with Gasteiger partial charge in [0.15, 0.2) is 0 Å². The van der Waals surface area contributed by atoms with E-state index in [2.05, 4.69) is 6.07 Å². The van der Waals surface area contributed by atoms with Gasteiger partial charge in [0.1, 0.15) is 4.75 Å². The van der Waals surface area contributed by atoms with Gasteiger partial charge in [0.05, 0.1) is 19.1 Å². The molecule has 90 valence electrons. The molecule has 1 aliphatic heterocycles. The predicted octanol–water partition coefficient (Wildman–Crippen LogP) is 1.27. The van der Waals surface area contributed by atoms with E-state index < -0.39 is 0 Å². The lowest BCUT2D eigenvalue weighted by Crippen LogP contribution is -2.44. The van der Waals surface area contributed by atoms with Crippen molar-refractivity contribution in [2.75, 3.05) is 33.1 Å². The predicted molar refractivity (Wildman–Crippen MR) is 64.2 cm³/mol. The summed E-state index contributed by atoms with van der Waals surface area (Å²) in [7, 11) is 1.60. The van der Waals surface area contributed by atoms with Gasteiger partial charge in [0, 0.05) is 20.2 Å². The van der Waals surface area contributed by atoms with Crippen LogP contribution in [-0.2, 0) is 9.53 Å². The fraction of sp³-hybridized carbons (Fsp3) is 0.818. The van der Waals surface area contributed by atoms with Gasteiger partial charge in [-0.3, -0.25) is 4.79 Å². The van der Waals surface area contributed by atoms with Crippen molar-refractivity contribution in [3.8, 4) is 6.07 Å². The maximum absolute atomic E-state index is 11.7. The van der Waals surface area contributed by atoms with Crippen molar-refractivity contribution < 1.29 is 9.53 Å². The van der Waals surface area contributed by atoms with Crippen LogP contribution in [0.5, 0.6) is 0 Å². The largest absolute Gasteiger partial charge is 0.384 e. The molecule has 1 saturated heterocycles. The van der Waals surface area contributed by atoms with Crippen molar-refractivity contribution in [2.45, 2.75) is 24.0 Å². The number of ether oxygens (including phenoxy) is 1. The van der Waals surface area contributed by atoms with Gasteiger partial charge in [-0.25, -0.2) is 0 Å². The third-order valence-corrected chi connectivity index (χ3v) is 4.32. The van der Waals surface area contributed by atoms with Gasteiger partial charge in [-0.15, -0.1) is 11.8 Å². The summed E-state index contributed by atoms with van der Waals surface area (Å²) in [5, 5.41) is 9.11. The summed E-state index contributed by atoms with van der Waals surface area (Å²) < 4.78 is 4.60. The number of amides is 1. The maximum Gasteiger partial charge on any atom is 0.224 e. The molecule has 0 unspecified atom stereocenters. The molecule has 1 heterocycles. The summed E-state index contributed by atoms with van der Waals surface area (Å²) >= 11 is 1.60. The van der Waals surface area contributed by atoms with Crippen LogP contribution in [0.1, 0.15) is 19.3 Å². The van der Waals surface area contributed by atoms with Gasteiger partial charge in [-0.05, 0) is 19.1 Å². The third-order valence-electron chi connectivity index (χ3n) is 3.04. The summed E-state index contributed by atoms with van der Waals surface area (Å²) in [6, 6.07) is 2.37. The molecule has 0 N–H and O–H groups in total. The summed E-state index contributed by atoms with van der Waals surface area (Å²) in [5.41, 5.74) is 0. The van der Waals surface area contributed by atoms with Crippen molar-refractivity contribution in [2.24, 2.45) is 0 Å². The van der Waals surface area contributed by atoms with Crippen molar-refractivity contribution in [1.82, 2.24) is 4.90 Å². The van der Waals surface area contributed by atoms with E-state index >= 15 is 0 Å². The van der Waals surface area contributed by atoms with Crippen molar-refractivity contribution >= 4 is 17.7 Å². The molecular formula is C11H18N2O2S. The molecule has 0 bridgehead atoms. The Hall–Kier alpha value is -0.730.